The molecule has 0 aromatic heterocycles. The summed E-state index contributed by atoms with van der Waals surface area (Å²) >= 11 is 3.15. The fourth-order valence-electron chi connectivity index (χ4n) is 0.508. The molecule has 0 aromatic carbocycles. The van der Waals surface area contributed by atoms with Gasteiger partial charge in [0.15, 0.2) is 0 Å². The average molecular weight is 318 g/mol. The van der Waals surface area contributed by atoms with Gasteiger partial charge in [0.1, 0.15) is 0 Å². The van der Waals surface area contributed by atoms with E-state index in [4.69, 9.17) is 9.05 Å². The number of hydrogen-bond acceptors (Lipinski definition) is 2. The first-order valence-electron chi connectivity index (χ1n) is 3.68. The van der Waals surface area contributed by atoms with Crippen molar-refractivity contribution < 1.29 is 9.05 Å². The Morgan fingerprint density at radius 1 is 1.33 bits per heavy atom. The molecule has 0 saturated heterocycles. The minimum atomic E-state index is -1.72. The molecule has 0 aliphatic rings. The van der Waals surface area contributed by atoms with Gasteiger partial charge in [-0.1, -0.05) is 0 Å². The summed E-state index contributed by atoms with van der Waals surface area (Å²) in [5, 5.41) is 0. The monoisotopic (exact) mass is 320 g/mol. The van der Waals surface area contributed by atoms with Crippen molar-refractivity contribution in [3.05, 3.63) is 0 Å². The predicted molar refractivity (Wildman–Crippen MR) is 55.1 cm³/mol. The molecule has 0 amide bonds. The minimum absolute atomic E-state index is 0.133. The van der Waals surface area contributed by atoms with E-state index in [0.29, 0.717) is 13.2 Å². The van der Waals surface area contributed by atoms with Crippen molar-refractivity contribution in [2.45, 2.75) is 20.8 Å². The average Bonchev–Trinajstić information content (AvgIpc) is 2.02. The zero-order valence-corrected chi connectivity index (χ0v) is 11.8. The van der Waals surface area contributed by atoms with E-state index in [1.54, 1.807) is 0 Å². The molecule has 12 heavy (non-hydrogen) atoms. The normalized spacial score (nSPS) is 10.6. The molecule has 0 aliphatic heterocycles. The van der Waals surface area contributed by atoms with Crippen LogP contribution < -0.4 is 0 Å². The predicted octanol–water partition coefficient (Wildman–Crippen LogP) is 1.59. The summed E-state index contributed by atoms with van der Waals surface area (Å²) in [5.41, 5.74) is 0. The van der Waals surface area contributed by atoms with Crippen molar-refractivity contribution in [2.24, 2.45) is 0 Å². The summed E-state index contributed by atoms with van der Waals surface area (Å²) in [6, 6.07) is 0. The topological polar surface area (TPSA) is 18.5 Å². The van der Waals surface area contributed by atoms with Gasteiger partial charge in [-0.25, -0.2) is 0 Å². The first kappa shape index (κ1) is 12.9. The van der Waals surface area contributed by atoms with E-state index in [9.17, 15) is 0 Å². The Morgan fingerprint density at radius 3 is 2.17 bits per heavy atom. The van der Waals surface area contributed by atoms with E-state index in [0.717, 1.165) is 0 Å². The molecule has 70 valence electrons. The van der Waals surface area contributed by atoms with Gasteiger partial charge in [-0.15, -0.1) is 0 Å². The fourth-order valence-corrected chi connectivity index (χ4v) is 7.34. The molecule has 0 aromatic rings. The second-order valence-electron chi connectivity index (χ2n) is 1.73. The van der Waals surface area contributed by atoms with Crippen LogP contribution in [0, 0.1) is 10.7 Å². The van der Waals surface area contributed by atoms with Crippen LogP contribution in [0.25, 0.3) is 0 Å². The van der Waals surface area contributed by atoms with Crippen LogP contribution in [0.3, 0.4) is 0 Å². The molecule has 0 heterocycles. The SMILES string of the molecule is CC#C[Se]P(=[Se])(OCC)OCC. The zero-order chi connectivity index (χ0) is 9.45. The van der Waals surface area contributed by atoms with Crippen LogP contribution in [-0.2, 0) is 9.05 Å². The van der Waals surface area contributed by atoms with Crippen molar-refractivity contribution >= 4 is 34.3 Å². The molecule has 0 N–H and O–H groups in total. The maximum atomic E-state index is 5.53. The standard InChI is InChI=1S/C7H13O2PSe2/c1-4-7-12-10(11,8-5-2)9-6-3/h5-6H2,1-3H3. The van der Waals surface area contributed by atoms with Crippen molar-refractivity contribution in [1.82, 2.24) is 0 Å². The van der Waals surface area contributed by atoms with E-state index in [1.165, 1.54) is 0 Å². The molecule has 0 atom stereocenters. The van der Waals surface area contributed by atoms with Crippen molar-refractivity contribution in [1.29, 1.82) is 0 Å². The summed E-state index contributed by atoms with van der Waals surface area (Å²) in [6.45, 7) is 7.16. The zero-order valence-electron chi connectivity index (χ0n) is 7.49. The molecular weight excluding hydrogens is 305 g/mol. The van der Waals surface area contributed by atoms with E-state index in [2.05, 4.69) is 25.8 Å². The second-order valence-corrected chi connectivity index (χ2v) is 14.5. The Kier molecular flexibility index (Phi) is 7.94. The Hall–Kier alpha value is 0.949. The summed E-state index contributed by atoms with van der Waals surface area (Å²) in [5.74, 6) is 2.87. The van der Waals surface area contributed by atoms with Gasteiger partial charge in [0, 0.05) is 0 Å². The molecule has 0 rings (SSSR count). The Labute approximate surface area is 87.9 Å². The van der Waals surface area contributed by atoms with Gasteiger partial charge in [0.25, 0.3) is 0 Å². The Morgan fingerprint density at radius 2 is 1.83 bits per heavy atom. The third-order valence-corrected chi connectivity index (χ3v) is 9.80. The third-order valence-electron chi connectivity index (χ3n) is 0.834. The van der Waals surface area contributed by atoms with E-state index >= 15 is 0 Å². The van der Waals surface area contributed by atoms with Crippen LogP contribution in [0.15, 0.2) is 0 Å². The van der Waals surface area contributed by atoms with Gasteiger partial charge in [0.05, 0.1) is 0 Å². The quantitative estimate of drug-likeness (QED) is 0.435. The molecule has 0 bridgehead atoms. The summed E-state index contributed by atoms with van der Waals surface area (Å²) in [4.78, 5) is 3.04. The van der Waals surface area contributed by atoms with Crippen LogP contribution >= 0.6 is 4.65 Å². The molecule has 0 spiro atoms. The number of hydrogen-bond donors (Lipinski definition) is 0. The second kappa shape index (κ2) is 7.36. The summed E-state index contributed by atoms with van der Waals surface area (Å²) in [7, 11) is 0. The fraction of sp³-hybridized carbons (Fsp3) is 0.714. The van der Waals surface area contributed by atoms with E-state index in [1.807, 2.05) is 20.8 Å². The molecule has 0 radical (unpaired) electrons. The molecule has 0 aliphatic carbocycles. The van der Waals surface area contributed by atoms with E-state index in [-0.39, 0.29) is 14.5 Å². The van der Waals surface area contributed by atoms with Crippen molar-refractivity contribution in [3.8, 4) is 10.7 Å². The first-order chi connectivity index (χ1) is 5.68. The van der Waals surface area contributed by atoms with Crippen LogP contribution in [0.1, 0.15) is 20.8 Å². The van der Waals surface area contributed by atoms with Gasteiger partial charge in [-0.3, -0.25) is 0 Å². The summed E-state index contributed by atoms with van der Waals surface area (Å²) < 4.78 is 9.34. The Balaban J connectivity index is 4.14. The van der Waals surface area contributed by atoms with Crippen LogP contribution in [0.2, 0.25) is 0 Å². The summed E-state index contributed by atoms with van der Waals surface area (Å²) in [6.07, 6.45) is 0. The van der Waals surface area contributed by atoms with Gasteiger partial charge >= 0.3 is 88.0 Å². The first-order valence-corrected chi connectivity index (χ1v) is 10.6. The molecule has 5 heteroatoms. The maximum absolute atomic E-state index is 5.53. The number of rotatable bonds is 5. The molecule has 0 fully saturated rings. The Bertz CT molecular complexity index is 209. The van der Waals surface area contributed by atoms with Gasteiger partial charge < -0.3 is 0 Å². The van der Waals surface area contributed by atoms with Crippen LogP contribution in [-0.4, -0.2) is 42.8 Å². The molecule has 2 nitrogen and oxygen atoms in total. The third kappa shape index (κ3) is 5.57. The molecule has 0 unspecified atom stereocenters. The molecular formula is C7H13O2PSe2. The van der Waals surface area contributed by atoms with Crippen LogP contribution in [0.4, 0.5) is 0 Å². The van der Waals surface area contributed by atoms with Gasteiger partial charge in [0.2, 0.25) is 0 Å². The van der Waals surface area contributed by atoms with Gasteiger partial charge in [-0.2, -0.15) is 0 Å². The van der Waals surface area contributed by atoms with E-state index < -0.39 is 4.65 Å². The van der Waals surface area contributed by atoms with Crippen molar-refractivity contribution in [3.63, 3.8) is 0 Å². The van der Waals surface area contributed by atoms with Crippen LogP contribution in [0.5, 0.6) is 0 Å². The van der Waals surface area contributed by atoms with Gasteiger partial charge in [-0.05, 0) is 0 Å². The van der Waals surface area contributed by atoms with Crippen molar-refractivity contribution in [2.75, 3.05) is 13.2 Å². The molecule has 0 saturated carbocycles.